The summed E-state index contributed by atoms with van der Waals surface area (Å²) in [6.45, 7) is 6.50. The van der Waals surface area contributed by atoms with Crippen LogP contribution < -0.4 is 14.9 Å². The molecule has 0 spiro atoms. The first kappa shape index (κ1) is 18.7. The van der Waals surface area contributed by atoms with Gasteiger partial charge in [0.15, 0.2) is 0 Å². The molecule has 0 heterocycles. The van der Waals surface area contributed by atoms with E-state index in [1.54, 1.807) is 30.3 Å². The quantitative estimate of drug-likeness (QED) is 0.409. The third-order valence-corrected chi connectivity index (χ3v) is 3.62. The minimum absolute atomic E-state index is 0.303. The lowest BCUT2D eigenvalue weighted by Gasteiger charge is -2.07. The summed E-state index contributed by atoms with van der Waals surface area (Å²) in [4.78, 5) is 12.1. The maximum Gasteiger partial charge on any atom is 0.271 e. The second kappa shape index (κ2) is 9.64. The minimum atomic E-state index is -0.303. The van der Waals surface area contributed by atoms with Gasteiger partial charge in [-0.05, 0) is 49.4 Å². The van der Waals surface area contributed by atoms with Crippen LogP contribution in [0, 0.1) is 0 Å². The van der Waals surface area contributed by atoms with Gasteiger partial charge in [0, 0.05) is 15.6 Å². The maximum absolute atomic E-state index is 12.1. The molecule has 0 atom stereocenters. The molecule has 0 aliphatic heterocycles. The highest BCUT2D eigenvalue weighted by Gasteiger charge is 2.05. The Morgan fingerprint density at radius 2 is 2.00 bits per heavy atom. The lowest BCUT2D eigenvalue weighted by Crippen LogP contribution is -2.17. The van der Waals surface area contributed by atoms with Crippen LogP contribution in [0.4, 0.5) is 0 Å². The molecule has 0 fully saturated rings. The van der Waals surface area contributed by atoms with Crippen LogP contribution >= 0.6 is 15.9 Å². The number of carbonyl (C=O) groups excluding carboxylic acids is 1. The third-order valence-electron chi connectivity index (χ3n) is 3.13. The van der Waals surface area contributed by atoms with E-state index in [9.17, 15) is 4.79 Å². The summed E-state index contributed by atoms with van der Waals surface area (Å²) in [6, 6.07) is 12.4. The summed E-state index contributed by atoms with van der Waals surface area (Å²) in [5.41, 5.74) is 3.74. The summed E-state index contributed by atoms with van der Waals surface area (Å²) >= 11 is 3.40. The molecule has 2 aromatic carbocycles. The van der Waals surface area contributed by atoms with Crippen molar-refractivity contribution in [3.63, 3.8) is 0 Å². The van der Waals surface area contributed by atoms with Crippen molar-refractivity contribution in [2.24, 2.45) is 5.10 Å². The molecule has 130 valence electrons. The topological polar surface area (TPSA) is 59.9 Å². The molecule has 0 unspecified atom stereocenters. The van der Waals surface area contributed by atoms with E-state index < -0.39 is 0 Å². The summed E-state index contributed by atoms with van der Waals surface area (Å²) in [5, 5.41) is 4.00. The normalized spacial score (nSPS) is 10.5. The van der Waals surface area contributed by atoms with Crippen LogP contribution in [0.2, 0.25) is 0 Å². The van der Waals surface area contributed by atoms with E-state index >= 15 is 0 Å². The molecule has 0 saturated heterocycles. The van der Waals surface area contributed by atoms with Crippen molar-refractivity contribution in [2.75, 3.05) is 13.2 Å². The van der Waals surface area contributed by atoms with Gasteiger partial charge in [0.2, 0.25) is 0 Å². The number of nitrogens with one attached hydrogen (secondary N) is 1. The predicted octanol–water partition coefficient (Wildman–Crippen LogP) is 4.18. The fraction of sp³-hybridized carbons (Fsp3) is 0.158. The summed E-state index contributed by atoms with van der Waals surface area (Å²) < 4.78 is 11.8. The van der Waals surface area contributed by atoms with Gasteiger partial charge in [-0.3, -0.25) is 4.79 Å². The Kier molecular flexibility index (Phi) is 7.22. The Balaban J connectivity index is 2.03. The summed E-state index contributed by atoms with van der Waals surface area (Å²) in [7, 11) is 0. The molecule has 0 radical (unpaired) electrons. The standard InChI is InChI=1S/C19H19BrN2O3/c1-3-11-25-18-10-7-16(20)12-15(18)13-21-22-19(23)14-5-8-17(9-6-14)24-4-2/h3,5-10,12-13H,1,4,11H2,2H3,(H,22,23)/b21-13-. The van der Waals surface area contributed by atoms with E-state index in [1.165, 1.54) is 6.21 Å². The van der Waals surface area contributed by atoms with Gasteiger partial charge < -0.3 is 9.47 Å². The van der Waals surface area contributed by atoms with E-state index in [1.807, 2.05) is 25.1 Å². The molecule has 0 saturated carbocycles. The van der Waals surface area contributed by atoms with Crippen LogP contribution in [-0.2, 0) is 0 Å². The number of rotatable bonds is 8. The minimum Gasteiger partial charge on any atom is -0.494 e. The zero-order valence-electron chi connectivity index (χ0n) is 13.9. The van der Waals surface area contributed by atoms with Gasteiger partial charge in [0.1, 0.15) is 18.1 Å². The zero-order valence-corrected chi connectivity index (χ0v) is 15.5. The highest BCUT2D eigenvalue weighted by molar-refractivity contribution is 9.10. The van der Waals surface area contributed by atoms with Crippen LogP contribution in [0.3, 0.4) is 0 Å². The van der Waals surface area contributed by atoms with Gasteiger partial charge in [-0.2, -0.15) is 5.10 Å². The number of amides is 1. The van der Waals surface area contributed by atoms with Gasteiger partial charge in [-0.1, -0.05) is 28.6 Å². The molecule has 6 heteroatoms. The van der Waals surface area contributed by atoms with Gasteiger partial charge in [0.25, 0.3) is 5.91 Å². The van der Waals surface area contributed by atoms with Crippen molar-refractivity contribution in [2.45, 2.75) is 6.92 Å². The molecule has 1 N–H and O–H groups in total. The molecule has 1 amide bonds. The number of nitrogens with zero attached hydrogens (tertiary/aromatic N) is 1. The van der Waals surface area contributed by atoms with Crippen LogP contribution in [0.15, 0.2) is 64.7 Å². The SMILES string of the molecule is C=CCOc1ccc(Br)cc1/C=N\NC(=O)c1ccc(OCC)cc1. The molecule has 5 nitrogen and oxygen atoms in total. The number of halogens is 1. The van der Waals surface area contributed by atoms with E-state index in [0.717, 1.165) is 15.8 Å². The number of benzene rings is 2. The van der Waals surface area contributed by atoms with Gasteiger partial charge in [0.05, 0.1) is 12.8 Å². The molecule has 2 aromatic rings. The smallest absolute Gasteiger partial charge is 0.271 e. The van der Waals surface area contributed by atoms with Crippen molar-refractivity contribution in [3.05, 3.63) is 70.7 Å². The number of hydrogen-bond acceptors (Lipinski definition) is 4. The van der Waals surface area contributed by atoms with Crippen molar-refractivity contribution >= 4 is 28.1 Å². The Labute approximate surface area is 155 Å². The Bertz CT molecular complexity index is 758. The van der Waals surface area contributed by atoms with Gasteiger partial charge in [-0.15, -0.1) is 0 Å². The first-order valence-electron chi connectivity index (χ1n) is 7.73. The van der Waals surface area contributed by atoms with Crippen LogP contribution in [0.25, 0.3) is 0 Å². The average Bonchev–Trinajstić information content (AvgIpc) is 2.62. The highest BCUT2D eigenvalue weighted by atomic mass is 79.9. The molecule has 2 rings (SSSR count). The second-order valence-corrected chi connectivity index (χ2v) is 5.85. The molecule has 25 heavy (non-hydrogen) atoms. The van der Waals surface area contributed by atoms with Crippen molar-refractivity contribution < 1.29 is 14.3 Å². The van der Waals surface area contributed by atoms with Crippen molar-refractivity contribution in [3.8, 4) is 11.5 Å². The molecule has 0 bridgehead atoms. The predicted molar refractivity (Wildman–Crippen MR) is 103 cm³/mol. The van der Waals surface area contributed by atoms with Crippen molar-refractivity contribution in [1.82, 2.24) is 5.43 Å². The number of carbonyl (C=O) groups is 1. The lowest BCUT2D eigenvalue weighted by atomic mass is 10.2. The first-order chi connectivity index (χ1) is 12.1. The first-order valence-corrected chi connectivity index (χ1v) is 8.53. The molecule has 0 aliphatic carbocycles. The number of hydrogen-bond donors (Lipinski definition) is 1. The highest BCUT2D eigenvalue weighted by Crippen LogP contribution is 2.21. The van der Waals surface area contributed by atoms with Gasteiger partial charge >= 0.3 is 0 Å². The summed E-state index contributed by atoms with van der Waals surface area (Å²) in [6.07, 6.45) is 3.20. The molecular formula is C19H19BrN2O3. The third kappa shape index (κ3) is 5.76. The Morgan fingerprint density at radius 1 is 1.24 bits per heavy atom. The van der Waals surface area contributed by atoms with E-state index in [4.69, 9.17) is 9.47 Å². The Hall–Kier alpha value is -2.60. The summed E-state index contributed by atoms with van der Waals surface area (Å²) in [5.74, 6) is 1.07. The van der Waals surface area contributed by atoms with Crippen LogP contribution in [0.1, 0.15) is 22.8 Å². The number of ether oxygens (including phenoxy) is 2. The number of hydrazone groups is 1. The van der Waals surface area contributed by atoms with E-state index in [0.29, 0.717) is 24.5 Å². The fourth-order valence-electron chi connectivity index (χ4n) is 1.99. The second-order valence-electron chi connectivity index (χ2n) is 4.94. The zero-order chi connectivity index (χ0) is 18.1. The van der Waals surface area contributed by atoms with Crippen LogP contribution in [0.5, 0.6) is 11.5 Å². The maximum atomic E-state index is 12.1. The van der Waals surface area contributed by atoms with E-state index in [2.05, 4.69) is 33.0 Å². The average molecular weight is 403 g/mol. The van der Waals surface area contributed by atoms with Gasteiger partial charge in [-0.25, -0.2) is 5.43 Å². The van der Waals surface area contributed by atoms with Crippen molar-refractivity contribution in [1.29, 1.82) is 0 Å². The fourth-order valence-corrected chi connectivity index (χ4v) is 2.37. The largest absolute Gasteiger partial charge is 0.494 e. The monoisotopic (exact) mass is 402 g/mol. The lowest BCUT2D eigenvalue weighted by molar-refractivity contribution is 0.0955. The molecular weight excluding hydrogens is 384 g/mol. The molecule has 0 aromatic heterocycles. The Morgan fingerprint density at radius 3 is 2.68 bits per heavy atom. The van der Waals surface area contributed by atoms with Crippen LogP contribution in [-0.4, -0.2) is 25.3 Å². The molecule has 0 aliphatic rings. The van der Waals surface area contributed by atoms with E-state index in [-0.39, 0.29) is 5.91 Å².